The molecule has 3 N–H and O–H groups in total. The fourth-order valence-electron chi connectivity index (χ4n) is 2.47. The Kier molecular flexibility index (Phi) is 2.95. The van der Waals surface area contributed by atoms with Gasteiger partial charge in [-0.05, 0) is 12.8 Å². The van der Waals surface area contributed by atoms with Gasteiger partial charge >= 0.3 is 0 Å². The number of aliphatic hydroxyl groups excluding tert-OH is 1. The molecule has 86 valence electrons. The molecule has 1 spiro atoms. The Balaban J connectivity index is 1.98. The van der Waals surface area contributed by atoms with E-state index in [1.807, 2.05) is 0 Å². The molecule has 2 heterocycles. The molecule has 0 aromatic rings. The molecular weight excluding hydrogens is 196 g/mol. The van der Waals surface area contributed by atoms with E-state index in [-0.39, 0.29) is 24.2 Å². The van der Waals surface area contributed by atoms with Gasteiger partial charge in [-0.2, -0.15) is 0 Å². The first kappa shape index (κ1) is 10.9. The minimum Gasteiger partial charge on any atom is -0.393 e. The molecule has 2 fully saturated rings. The number of carbonyl (C=O) groups excluding carboxylic acids is 1. The average Bonchev–Trinajstić information content (AvgIpc) is 2.60. The highest BCUT2D eigenvalue weighted by molar-refractivity contribution is 5.78. The van der Waals surface area contributed by atoms with Crippen LogP contribution in [-0.4, -0.2) is 53.9 Å². The van der Waals surface area contributed by atoms with Crippen molar-refractivity contribution in [2.45, 2.75) is 31.0 Å². The third kappa shape index (κ3) is 2.14. The van der Waals surface area contributed by atoms with Crippen molar-refractivity contribution >= 4 is 5.91 Å². The summed E-state index contributed by atoms with van der Waals surface area (Å²) in [6.07, 6.45) is 1.87. The number of nitrogens with two attached hydrogens (primary N) is 1. The van der Waals surface area contributed by atoms with E-state index >= 15 is 0 Å². The van der Waals surface area contributed by atoms with Crippen molar-refractivity contribution in [1.82, 2.24) is 4.90 Å². The summed E-state index contributed by atoms with van der Waals surface area (Å²) in [6, 6.07) is 0. The third-order valence-corrected chi connectivity index (χ3v) is 3.31. The Morgan fingerprint density at radius 3 is 3.13 bits per heavy atom. The van der Waals surface area contributed by atoms with Crippen LogP contribution >= 0.6 is 0 Å². The lowest BCUT2D eigenvalue weighted by Crippen LogP contribution is -2.45. The van der Waals surface area contributed by atoms with Crippen LogP contribution in [0.5, 0.6) is 0 Å². The lowest BCUT2D eigenvalue weighted by Gasteiger charge is -2.36. The fraction of sp³-hybridized carbons (Fsp3) is 0.900. The Bertz CT molecular complexity index is 259. The van der Waals surface area contributed by atoms with Crippen LogP contribution < -0.4 is 5.73 Å². The molecule has 0 aliphatic carbocycles. The van der Waals surface area contributed by atoms with Crippen molar-refractivity contribution < 1.29 is 14.6 Å². The van der Waals surface area contributed by atoms with E-state index in [1.165, 1.54) is 0 Å². The van der Waals surface area contributed by atoms with Crippen LogP contribution in [-0.2, 0) is 9.53 Å². The van der Waals surface area contributed by atoms with Crippen LogP contribution in [0.25, 0.3) is 0 Å². The van der Waals surface area contributed by atoms with E-state index in [1.54, 1.807) is 4.90 Å². The molecule has 2 aliphatic rings. The first-order valence-electron chi connectivity index (χ1n) is 5.45. The molecule has 5 nitrogen and oxygen atoms in total. The van der Waals surface area contributed by atoms with Gasteiger partial charge in [0.1, 0.15) is 0 Å². The quantitative estimate of drug-likeness (QED) is 0.592. The van der Waals surface area contributed by atoms with Crippen LogP contribution in [0.1, 0.15) is 19.3 Å². The summed E-state index contributed by atoms with van der Waals surface area (Å²) in [4.78, 5) is 13.1. The minimum atomic E-state index is -0.303. The SMILES string of the molecule is NCC(=O)N1CC[C@@]2(C[C@@H](O)CCO2)C1. The lowest BCUT2D eigenvalue weighted by atomic mass is 9.91. The molecule has 1 amide bonds. The van der Waals surface area contributed by atoms with Crippen LogP contribution in [0.3, 0.4) is 0 Å². The molecule has 0 aromatic heterocycles. The van der Waals surface area contributed by atoms with E-state index < -0.39 is 0 Å². The summed E-state index contributed by atoms with van der Waals surface area (Å²) in [5.74, 6) is -0.0319. The Morgan fingerprint density at radius 1 is 1.67 bits per heavy atom. The van der Waals surface area contributed by atoms with Gasteiger partial charge in [0.15, 0.2) is 0 Å². The number of amides is 1. The minimum absolute atomic E-state index is 0.0319. The van der Waals surface area contributed by atoms with Gasteiger partial charge < -0.3 is 20.5 Å². The third-order valence-electron chi connectivity index (χ3n) is 3.31. The highest BCUT2D eigenvalue weighted by Crippen LogP contribution is 2.34. The van der Waals surface area contributed by atoms with Gasteiger partial charge in [0.2, 0.25) is 5.91 Å². The molecule has 0 bridgehead atoms. The monoisotopic (exact) mass is 214 g/mol. The summed E-state index contributed by atoms with van der Waals surface area (Å²) in [6.45, 7) is 1.92. The molecule has 5 heteroatoms. The van der Waals surface area contributed by atoms with E-state index in [2.05, 4.69) is 0 Å². The predicted molar refractivity (Wildman–Crippen MR) is 54.2 cm³/mol. The summed E-state index contributed by atoms with van der Waals surface area (Å²) >= 11 is 0. The van der Waals surface area contributed by atoms with Gasteiger partial charge in [0.05, 0.1) is 18.2 Å². The molecular formula is C10H18N2O3. The van der Waals surface area contributed by atoms with Crippen molar-refractivity contribution in [3.8, 4) is 0 Å². The standard InChI is InChI=1S/C10H18N2O3/c11-6-9(14)12-3-2-10(7-12)5-8(13)1-4-15-10/h8,13H,1-7,11H2/t8-,10+/m0/s1. The maximum atomic E-state index is 11.4. The topological polar surface area (TPSA) is 75.8 Å². The summed E-state index contributed by atoms with van der Waals surface area (Å²) in [5.41, 5.74) is 5.01. The molecule has 0 radical (unpaired) electrons. The molecule has 2 saturated heterocycles. The number of hydrogen-bond acceptors (Lipinski definition) is 4. The largest absolute Gasteiger partial charge is 0.393 e. The molecule has 2 rings (SSSR count). The number of aliphatic hydroxyl groups is 1. The Labute approximate surface area is 89.2 Å². The van der Waals surface area contributed by atoms with Gasteiger partial charge in [-0.1, -0.05) is 0 Å². The number of likely N-dealkylation sites (tertiary alicyclic amines) is 1. The maximum absolute atomic E-state index is 11.4. The van der Waals surface area contributed by atoms with E-state index in [0.717, 1.165) is 6.42 Å². The number of carbonyl (C=O) groups is 1. The van der Waals surface area contributed by atoms with E-state index in [0.29, 0.717) is 32.5 Å². The fourth-order valence-corrected chi connectivity index (χ4v) is 2.47. The zero-order valence-electron chi connectivity index (χ0n) is 8.82. The van der Waals surface area contributed by atoms with Crippen molar-refractivity contribution in [2.24, 2.45) is 5.73 Å². The highest BCUT2D eigenvalue weighted by Gasteiger charge is 2.43. The normalized spacial score (nSPS) is 36.1. The second kappa shape index (κ2) is 4.08. The summed E-state index contributed by atoms with van der Waals surface area (Å²) < 4.78 is 5.73. The van der Waals surface area contributed by atoms with Crippen molar-refractivity contribution in [3.63, 3.8) is 0 Å². The van der Waals surface area contributed by atoms with Crippen molar-refractivity contribution in [3.05, 3.63) is 0 Å². The zero-order chi connectivity index (χ0) is 10.9. The molecule has 2 atom stereocenters. The summed E-state index contributed by atoms with van der Waals surface area (Å²) in [7, 11) is 0. The molecule has 15 heavy (non-hydrogen) atoms. The second-order valence-corrected chi connectivity index (χ2v) is 4.45. The average molecular weight is 214 g/mol. The first-order valence-corrected chi connectivity index (χ1v) is 5.45. The van der Waals surface area contributed by atoms with Gasteiger partial charge in [-0.3, -0.25) is 4.79 Å². The van der Waals surface area contributed by atoms with E-state index in [9.17, 15) is 9.90 Å². The van der Waals surface area contributed by atoms with Crippen molar-refractivity contribution in [1.29, 1.82) is 0 Å². The van der Waals surface area contributed by atoms with Gasteiger partial charge in [0.25, 0.3) is 0 Å². The predicted octanol–water partition coefficient (Wildman–Crippen LogP) is -0.912. The molecule has 0 unspecified atom stereocenters. The zero-order valence-corrected chi connectivity index (χ0v) is 8.82. The number of ether oxygens (including phenoxy) is 1. The van der Waals surface area contributed by atoms with Gasteiger partial charge in [-0.15, -0.1) is 0 Å². The van der Waals surface area contributed by atoms with Crippen LogP contribution in [0.15, 0.2) is 0 Å². The number of nitrogens with zero attached hydrogens (tertiary/aromatic N) is 1. The van der Waals surface area contributed by atoms with Crippen molar-refractivity contribution in [2.75, 3.05) is 26.2 Å². The van der Waals surface area contributed by atoms with E-state index in [4.69, 9.17) is 10.5 Å². The summed E-state index contributed by atoms with van der Waals surface area (Å²) in [5, 5.41) is 9.61. The van der Waals surface area contributed by atoms with Crippen LogP contribution in [0.2, 0.25) is 0 Å². The second-order valence-electron chi connectivity index (χ2n) is 4.45. The lowest BCUT2D eigenvalue weighted by molar-refractivity contribution is -0.134. The maximum Gasteiger partial charge on any atom is 0.236 e. The molecule has 0 saturated carbocycles. The Morgan fingerprint density at radius 2 is 2.47 bits per heavy atom. The molecule has 2 aliphatic heterocycles. The van der Waals surface area contributed by atoms with Gasteiger partial charge in [-0.25, -0.2) is 0 Å². The van der Waals surface area contributed by atoms with Crippen LogP contribution in [0.4, 0.5) is 0 Å². The number of rotatable bonds is 1. The Hall–Kier alpha value is -0.650. The smallest absolute Gasteiger partial charge is 0.236 e. The molecule has 0 aromatic carbocycles. The van der Waals surface area contributed by atoms with Crippen LogP contribution in [0, 0.1) is 0 Å². The highest BCUT2D eigenvalue weighted by atomic mass is 16.5. The van der Waals surface area contributed by atoms with Gasteiger partial charge in [0, 0.05) is 26.1 Å². The number of hydrogen-bond donors (Lipinski definition) is 2. The first-order chi connectivity index (χ1) is 7.15.